The van der Waals surface area contributed by atoms with Crippen LogP contribution in [0.5, 0.6) is 0 Å². The van der Waals surface area contributed by atoms with Crippen molar-refractivity contribution in [3.63, 3.8) is 0 Å². The second-order valence-corrected chi connectivity index (χ2v) is 6.90. The third kappa shape index (κ3) is 6.83. The van der Waals surface area contributed by atoms with Crippen molar-refractivity contribution in [2.75, 3.05) is 18.8 Å². The van der Waals surface area contributed by atoms with E-state index >= 15 is 0 Å². The quantitative estimate of drug-likeness (QED) is 0.160. The molecular weight excluding hydrogens is 483 g/mol. The predicted octanol–water partition coefficient (Wildman–Crippen LogP) is 3.73. The van der Waals surface area contributed by atoms with Crippen LogP contribution in [0.25, 0.3) is 5.69 Å². The Morgan fingerprint density at radius 1 is 1.04 bits per heavy atom. The standard InChI is InChI=1S/C20H24N6S.HI/c1-2-21-20(22-13-14-27-18-11-7-4-8-12-18)23-15-19-25-24-16-26(19)17-9-5-3-6-10-17;/h3-12,16H,2,13-15H2,1H3,(H2,21,22,23);1H. The van der Waals surface area contributed by atoms with Crippen LogP contribution in [0.15, 0.2) is 76.9 Å². The van der Waals surface area contributed by atoms with Crippen molar-refractivity contribution in [2.45, 2.75) is 18.4 Å². The second-order valence-electron chi connectivity index (χ2n) is 5.74. The maximum absolute atomic E-state index is 4.65. The number of benzene rings is 2. The molecule has 0 aliphatic carbocycles. The van der Waals surface area contributed by atoms with Crippen LogP contribution >= 0.6 is 35.7 Å². The van der Waals surface area contributed by atoms with Gasteiger partial charge in [0.05, 0.1) is 0 Å². The van der Waals surface area contributed by atoms with Crippen molar-refractivity contribution in [1.29, 1.82) is 0 Å². The summed E-state index contributed by atoms with van der Waals surface area (Å²) >= 11 is 1.82. The number of thioether (sulfide) groups is 1. The number of rotatable bonds is 8. The first-order valence-corrected chi connectivity index (χ1v) is 9.99. The summed E-state index contributed by atoms with van der Waals surface area (Å²) in [5.74, 6) is 2.56. The highest BCUT2D eigenvalue weighted by molar-refractivity contribution is 14.0. The van der Waals surface area contributed by atoms with Gasteiger partial charge in [-0.25, -0.2) is 4.99 Å². The van der Waals surface area contributed by atoms with Gasteiger partial charge in [-0.2, -0.15) is 0 Å². The molecule has 3 rings (SSSR count). The molecule has 1 aromatic heterocycles. The summed E-state index contributed by atoms with van der Waals surface area (Å²) in [6, 6.07) is 20.5. The van der Waals surface area contributed by atoms with Crippen LogP contribution in [0.4, 0.5) is 0 Å². The minimum absolute atomic E-state index is 0. The number of para-hydroxylation sites is 1. The minimum Gasteiger partial charge on any atom is -0.357 e. The van der Waals surface area contributed by atoms with Gasteiger partial charge in [0.15, 0.2) is 11.8 Å². The van der Waals surface area contributed by atoms with Crippen molar-refractivity contribution in [3.05, 3.63) is 72.8 Å². The summed E-state index contributed by atoms with van der Waals surface area (Å²) in [6.45, 7) is 4.15. The zero-order valence-corrected chi connectivity index (χ0v) is 18.9. The van der Waals surface area contributed by atoms with Crippen molar-refractivity contribution < 1.29 is 0 Å². The lowest BCUT2D eigenvalue weighted by molar-refractivity contribution is 0.810. The number of nitrogens with zero attached hydrogens (tertiary/aromatic N) is 4. The van der Waals surface area contributed by atoms with Crippen LogP contribution in [-0.4, -0.2) is 39.6 Å². The molecule has 2 N–H and O–H groups in total. The molecule has 0 aliphatic heterocycles. The van der Waals surface area contributed by atoms with E-state index in [1.165, 1.54) is 4.90 Å². The first kappa shape index (κ1) is 22.2. The first-order chi connectivity index (χ1) is 13.4. The predicted molar refractivity (Wildman–Crippen MR) is 127 cm³/mol. The monoisotopic (exact) mass is 508 g/mol. The zero-order chi connectivity index (χ0) is 18.7. The van der Waals surface area contributed by atoms with Crippen LogP contribution in [0.2, 0.25) is 0 Å². The van der Waals surface area contributed by atoms with Gasteiger partial charge in [0.1, 0.15) is 12.9 Å². The molecule has 0 amide bonds. The average molecular weight is 508 g/mol. The second kappa shape index (κ2) is 12.4. The number of hydrogen-bond donors (Lipinski definition) is 2. The molecule has 6 nitrogen and oxygen atoms in total. The van der Waals surface area contributed by atoms with Gasteiger partial charge in [0, 0.05) is 29.4 Å². The Hall–Kier alpha value is -2.07. The molecule has 0 aliphatic rings. The van der Waals surface area contributed by atoms with E-state index in [4.69, 9.17) is 0 Å². The summed E-state index contributed by atoms with van der Waals surface area (Å²) in [7, 11) is 0. The van der Waals surface area contributed by atoms with E-state index in [1.54, 1.807) is 6.33 Å². The highest BCUT2D eigenvalue weighted by Crippen LogP contribution is 2.15. The van der Waals surface area contributed by atoms with Gasteiger partial charge in [-0.15, -0.1) is 45.9 Å². The van der Waals surface area contributed by atoms with E-state index in [0.717, 1.165) is 36.3 Å². The van der Waals surface area contributed by atoms with Gasteiger partial charge in [-0.3, -0.25) is 4.57 Å². The SMILES string of the molecule is CCNC(=NCc1nncn1-c1ccccc1)NCCSc1ccccc1.I. The number of halogens is 1. The van der Waals surface area contributed by atoms with Crippen molar-refractivity contribution in [3.8, 4) is 5.69 Å². The Balaban J connectivity index is 0.00000280. The molecule has 148 valence electrons. The summed E-state index contributed by atoms with van der Waals surface area (Å²) in [5, 5.41) is 14.9. The first-order valence-electron chi connectivity index (χ1n) is 9.01. The highest BCUT2D eigenvalue weighted by atomic mass is 127. The summed E-state index contributed by atoms with van der Waals surface area (Å²) in [6.07, 6.45) is 1.72. The number of aliphatic imine (C=N–C) groups is 1. The van der Waals surface area contributed by atoms with Gasteiger partial charge in [-0.05, 0) is 31.2 Å². The third-order valence-corrected chi connectivity index (χ3v) is 4.80. The van der Waals surface area contributed by atoms with E-state index in [2.05, 4.69) is 57.0 Å². The maximum atomic E-state index is 4.65. The van der Waals surface area contributed by atoms with Crippen LogP contribution in [0, 0.1) is 0 Å². The smallest absolute Gasteiger partial charge is 0.191 e. The number of aromatic nitrogens is 3. The van der Waals surface area contributed by atoms with Gasteiger partial charge < -0.3 is 10.6 Å². The Bertz CT molecular complexity index is 838. The van der Waals surface area contributed by atoms with Crippen molar-refractivity contribution >= 4 is 41.7 Å². The fourth-order valence-electron chi connectivity index (χ4n) is 2.52. The Morgan fingerprint density at radius 3 is 2.46 bits per heavy atom. The molecule has 2 aromatic carbocycles. The Labute approximate surface area is 187 Å². The van der Waals surface area contributed by atoms with Gasteiger partial charge in [0.25, 0.3) is 0 Å². The average Bonchev–Trinajstić information content (AvgIpc) is 3.19. The molecule has 0 saturated heterocycles. The molecule has 0 spiro atoms. The molecule has 0 fully saturated rings. The topological polar surface area (TPSA) is 67.1 Å². The lowest BCUT2D eigenvalue weighted by atomic mass is 10.3. The lowest BCUT2D eigenvalue weighted by Gasteiger charge is -2.11. The molecule has 0 saturated carbocycles. The van der Waals surface area contributed by atoms with E-state index < -0.39 is 0 Å². The number of nitrogens with one attached hydrogen (secondary N) is 2. The zero-order valence-electron chi connectivity index (χ0n) is 15.8. The molecular formula is C20H25IN6S. The number of hydrogen-bond acceptors (Lipinski definition) is 4. The molecule has 3 aromatic rings. The van der Waals surface area contributed by atoms with E-state index in [9.17, 15) is 0 Å². The largest absolute Gasteiger partial charge is 0.357 e. The summed E-state index contributed by atoms with van der Waals surface area (Å²) in [5.41, 5.74) is 1.03. The van der Waals surface area contributed by atoms with Crippen LogP contribution in [0.3, 0.4) is 0 Å². The maximum Gasteiger partial charge on any atom is 0.191 e. The fourth-order valence-corrected chi connectivity index (χ4v) is 3.31. The van der Waals surface area contributed by atoms with E-state index in [-0.39, 0.29) is 24.0 Å². The Kier molecular flexibility index (Phi) is 9.84. The molecule has 0 bridgehead atoms. The third-order valence-electron chi connectivity index (χ3n) is 3.78. The molecule has 0 unspecified atom stereocenters. The van der Waals surface area contributed by atoms with E-state index in [1.807, 2.05) is 52.7 Å². The summed E-state index contributed by atoms with van der Waals surface area (Å²) < 4.78 is 1.96. The summed E-state index contributed by atoms with van der Waals surface area (Å²) in [4.78, 5) is 5.92. The van der Waals surface area contributed by atoms with Crippen LogP contribution in [0.1, 0.15) is 12.7 Å². The molecule has 28 heavy (non-hydrogen) atoms. The molecule has 0 radical (unpaired) electrons. The van der Waals surface area contributed by atoms with Crippen LogP contribution in [-0.2, 0) is 6.54 Å². The normalized spacial score (nSPS) is 11.0. The van der Waals surface area contributed by atoms with Crippen molar-refractivity contribution in [1.82, 2.24) is 25.4 Å². The van der Waals surface area contributed by atoms with Gasteiger partial charge >= 0.3 is 0 Å². The number of guanidine groups is 1. The molecule has 1 heterocycles. The van der Waals surface area contributed by atoms with Gasteiger partial charge in [-0.1, -0.05) is 36.4 Å². The Morgan fingerprint density at radius 2 is 1.75 bits per heavy atom. The van der Waals surface area contributed by atoms with Crippen LogP contribution < -0.4 is 10.6 Å². The highest BCUT2D eigenvalue weighted by Gasteiger charge is 2.06. The lowest BCUT2D eigenvalue weighted by Crippen LogP contribution is -2.38. The molecule has 0 atom stereocenters. The van der Waals surface area contributed by atoms with E-state index in [0.29, 0.717) is 6.54 Å². The van der Waals surface area contributed by atoms with Crippen molar-refractivity contribution in [2.24, 2.45) is 4.99 Å². The minimum atomic E-state index is 0. The van der Waals surface area contributed by atoms with Gasteiger partial charge in [0.2, 0.25) is 0 Å². The molecule has 8 heteroatoms. The fraction of sp³-hybridized carbons (Fsp3) is 0.250.